The van der Waals surface area contributed by atoms with Gasteiger partial charge in [0.2, 0.25) is 0 Å². The standard InChI is InChI=1S/C47H88O15S/c1-3-4-5-6-7-8-9-10-11-12-13-14-15-16-21-50-22-23-51-24-25-52-26-27-53-28-29-54-30-31-55-32-33-56-34-35-57-36-37-58-38-39-59-40-41-60-42-43-61-44-45-62-63(48,49)47-19-17-46(2)18-20-47/h17-20H,3-16,21-45H2,1-2H3. The lowest BCUT2D eigenvalue weighted by Crippen LogP contribution is -2.16. The summed E-state index contributed by atoms with van der Waals surface area (Å²) in [6, 6.07) is 6.49. The van der Waals surface area contributed by atoms with Gasteiger partial charge in [-0.1, -0.05) is 108 Å². The molecule has 1 aromatic carbocycles. The summed E-state index contributed by atoms with van der Waals surface area (Å²) in [5.74, 6) is 0. The van der Waals surface area contributed by atoms with Gasteiger partial charge in [0.05, 0.1) is 163 Å². The minimum Gasteiger partial charge on any atom is -0.379 e. The highest BCUT2D eigenvalue weighted by Crippen LogP contribution is 2.14. The highest BCUT2D eigenvalue weighted by Gasteiger charge is 2.14. The largest absolute Gasteiger partial charge is 0.379 e. The van der Waals surface area contributed by atoms with Crippen molar-refractivity contribution in [2.45, 2.75) is 109 Å². The Bertz CT molecular complexity index is 1150. The molecule has 0 atom stereocenters. The van der Waals surface area contributed by atoms with Crippen molar-refractivity contribution in [3.8, 4) is 0 Å². The third kappa shape index (κ3) is 44.3. The Labute approximate surface area is 382 Å². The summed E-state index contributed by atoms with van der Waals surface area (Å²) < 4.78 is 95.4. The minimum absolute atomic E-state index is 0.0601. The number of aryl methyl sites for hydroxylation is 1. The number of rotatable bonds is 53. The summed E-state index contributed by atoms with van der Waals surface area (Å²) >= 11 is 0. The lowest BCUT2D eigenvalue weighted by Gasteiger charge is -2.09. The van der Waals surface area contributed by atoms with Crippen LogP contribution < -0.4 is 0 Å². The van der Waals surface area contributed by atoms with Crippen LogP contribution >= 0.6 is 0 Å². The molecule has 0 spiro atoms. The van der Waals surface area contributed by atoms with Gasteiger partial charge in [-0.05, 0) is 25.5 Å². The second kappa shape index (κ2) is 48.6. The lowest BCUT2D eigenvalue weighted by molar-refractivity contribution is -0.0285. The molecule has 372 valence electrons. The van der Waals surface area contributed by atoms with Crippen LogP contribution in [0.3, 0.4) is 0 Å². The molecule has 1 aromatic rings. The summed E-state index contributed by atoms with van der Waals surface area (Å²) in [5.41, 5.74) is 0.976. The van der Waals surface area contributed by atoms with Crippen LogP contribution in [0, 0.1) is 6.92 Å². The van der Waals surface area contributed by atoms with Crippen LogP contribution in [0.1, 0.15) is 102 Å². The van der Waals surface area contributed by atoms with Gasteiger partial charge in [-0.15, -0.1) is 0 Å². The Morgan fingerprint density at radius 2 is 0.524 bits per heavy atom. The molecule has 0 saturated carbocycles. The first kappa shape index (κ1) is 59.7. The quantitative estimate of drug-likeness (QED) is 0.0471. The topological polar surface area (TPSA) is 154 Å². The summed E-state index contributed by atoms with van der Waals surface area (Å²) in [4.78, 5) is 0.128. The fourth-order valence-corrected chi connectivity index (χ4v) is 6.79. The molecule has 16 heteroatoms. The molecule has 0 aromatic heterocycles. The average Bonchev–Trinajstić information content (AvgIpc) is 3.28. The van der Waals surface area contributed by atoms with Crippen molar-refractivity contribution in [1.82, 2.24) is 0 Å². The Balaban J connectivity index is 1.63. The number of ether oxygens (including phenoxy) is 12. The second-order valence-electron chi connectivity index (χ2n) is 15.0. The Morgan fingerprint density at radius 3 is 0.794 bits per heavy atom. The fraction of sp³-hybridized carbons (Fsp3) is 0.872. The molecule has 0 radical (unpaired) electrons. The normalized spacial score (nSPS) is 11.9. The minimum atomic E-state index is -3.78. The van der Waals surface area contributed by atoms with Crippen molar-refractivity contribution in [3.05, 3.63) is 29.8 Å². The van der Waals surface area contributed by atoms with E-state index in [1.165, 1.54) is 95.6 Å². The maximum absolute atomic E-state index is 12.1. The number of benzene rings is 1. The van der Waals surface area contributed by atoms with Crippen molar-refractivity contribution in [2.24, 2.45) is 0 Å². The van der Waals surface area contributed by atoms with Gasteiger partial charge in [0.25, 0.3) is 10.1 Å². The van der Waals surface area contributed by atoms with Crippen LogP contribution in [0.25, 0.3) is 0 Å². The van der Waals surface area contributed by atoms with E-state index in [1.54, 1.807) is 12.1 Å². The number of hydrogen-bond donors (Lipinski definition) is 0. The molecule has 0 fully saturated rings. The Kier molecular flexibility index (Phi) is 46.0. The van der Waals surface area contributed by atoms with Gasteiger partial charge in [0.1, 0.15) is 0 Å². The Hall–Kier alpha value is -1.35. The van der Waals surface area contributed by atoms with Crippen molar-refractivity contribution in [1.29, 1.82) is 0 Å². The van der Waals surface area contributed by atoms with Gasteiger partial charge < -0.3 is 56.8 Å². The summed E-state index contributed by atoms with van der Waals surface area (Å²) in [7, 11) is -3.78. The van der Waals surface area contributed by atoms with Crippen LogP contribution in [-0.2, 0) is 71.1 Å². The first-order chi connectivity index (χ1) is 31.1. The van der Waals surface area contributed by atoms with E-state index in [-0.39, 0.29) is 18.1 Å². The maximum Gasteiger partial charge on any atom is 0.297 e. The first-order valence-corrected chi connectivity index (χ1v) is 25.4. The van der Waals surface area contributed by atoms with Crippen LogP contribution in [0.2, 0.25) is 0 Å². The van der Waals surface area contributed by atoms with Crippen LogP contribution in [0.4, 0.5) is 0 Å². The van der Waals surface area contributed by atoms with Gasteiger partial charge >= 0.3 is 0 Å². The number of hydrogen-bond acceptors (Lipinski definition) is 15. The molecule has 0 heterocycles. The van der Waals surface area contributed by atoms with Gasteiger partial charge in [0, 0.05) is 6.61 Å². The van der Waals surface area contributed by atoms with E-state index >= 15 is 0 Å². The van der Waals surface area contributed by atoms with Gasteiger partial charge in [-0.3, -0.25) is 4.18 Å². The summed E-state index contributed by atoms with van der Waals surface area (Å²) in [5, 5.41) is 0. The highest BCUT2D eigenvalue weighted by atomic mass is 32.2. The van der Waals surface area contributed by atoms with Gasteiger partial charge in [0.15, 0.2) is 0 Å². The third-order valence-electron chi connectivity index (χ3n) is 9.51. The van der Waals surface area contributed by atoms with E-state index in [1.807, 2.05) is 6.92 Å². The van der Waals surface area contributed by atoms with Crippen LogP contribution in [-0.4, -0.2) is 174 Å². The van der Waals surface area contributed by atoms with Crippen molar-refractivity contribution >= 4 is 10.1 Å². The van der Waals surface area contributed by atoms with Crippen molar-refractivity contribution in [3.63, 3.8) is 0 Å². The molecular formula is C47H88O15S. The highest BCUT2D eigenvalue weighted by molar-refractivity contribution is 7.86. The fourth-order valence-electron chi connectivity index (χ4n) is 5.90. The predicted octanol–water partition coefficient (Wildman–Crippen LogP) is 7.38. The molecule has 0 aliphatic heterocycles. The third-order valence-corrected chi connectivity index (χ3v) is 10.8. The second-order valence-corrected chi connectivity index (χ2v) is 16.6. The van der Waals surface area contributed by atoms with Crippen LogP contribution in [0.5, 0.6) is 0 Å². The van der Waals surface area contributed by atoms with E-state index in [0.29, 0.717) is 145 Å². The zero-order chi connectivity index (χ0) is 45.3. The summed E-state index contributed by atoms with van der Waals surface area (Å²) in [6.07, 6.45) is 19.2. The van der Waals surface area contributed by atoms with E-state index in [2.05, 4.69) is 6.92 Å². The monoisotopic (exact) mass is 925 g/mol. The number of unbranched alkanes of at least 4 members (excludes halogenated alkanes) is 13. The molecular weight excluding hydrogens is 837 g/mol. The van der Waals surface area contributed by atoms with E-state index in [0.717, 1.165) is 18.6 Å². The molecule has 0 amide bonds. The summed E-state index contributed by atoms with van der Waals surface area (Å²) in [6.45, 7) is 15.9. The average molecular weight is 925 g/mol. The SMILES string of the molecule is CCCCCCCCCCCCCCCCOCCOCCOCCOCCOCCOCCOCCOCCOCCOCCOCCOCCOS(=O)(=O)c1ccc(C)cc1. The van der Waals surface area contributed by atoms with Crippen LogP contribution in [0.15, 0.2) is 29.2 Å². The van der Waals surface area contributed by atoms with Crippen molar-refractivity contribution < 1.29 is 69.4 Å². The molecule has 0 saturated heterocycles. The van der Waals surface area contributed by atoms with E-state index in [9.17, 15) is 8.42 Å². The molecule has 1 rings (SSSR count). The molecule has 15 nitrogen and oxygen atoms in total. The zero-order valence-corrected chi connectivity index (χ0v) is 40.2. The predicted molar refractivity (Wildman–Crippen MR) is 244 cm³/mol. The molecule has 0 aliphatic rings. The van der Waals surface area contributed by atoms with Gasteiger partial charge in [-0.2, -0.15) is 8.42 Å². The van der Waals surface area contributed by atoms with Crippen molar-refractivity contribution in [2.75, 3.05) is 165 Å². The zero-order valence-electron chi connectivity index (χ0n) is 39.4. The van der Waals surface area contributed by atoms with E-state index < -0.39 is 10.1 Å². The molecule has 0 bridgehead atoms. The molecule has 0 aliphatic carbocycles. The van der Waals surface area contributed by atoms with Gasteiger partial charge in [-0.25, -0.2) is 0 Å². The first-order valence-electron chi connectivity index (χ1n) is 23.9. The molecule has 0 unspecified atom stereocenters. The smallest absolute Gasteiger partial charge is 0.297 e. The Morgan fingerprint density at radius 1 is 0.302 bits per heavy atom. The molecule has 0 N–H and O–H groups in total. The molecule has 63 heavy (non-hydrogen) atoms. The lowest BCUT2D eigenvalue weighted by atomic mass is 10.0. The maximum atomic E-state index is 12.1. The van der Waals surface area contributed by atoms with E-state index in [4.69, 9.17) is 61.0 Å².